The lowest BCUT2D eigenvalue weighted by atomic mass is 10.0. The van der Waals surface area contributed by atoms with Gasteiger partial charge in [0.25, 0.3) is 5.91 Å². The number of aryl methyl sites for hydroxylation is 1. The minimum Gasteiger partial charge on any atom is -0.361 e. The first-order chi connectivity index (χ1) is 13.3. The van der Waals surface area contributed by atoms with Gasteiger partial charge in [-0.25, -0.2) is 0 Å². The Morgan fingerprint density at radius 2 is 1.96 bits per heavy atom. The van der Waals surface area contributed by atoms with Gasteiger partial charge in [-0.15, -0.1) is 0 Å². The number of halogens is 2. The van der Waals surface area contributed by atoms with E-state index in [0.717, 1.165) is 12.8 Å². The van der Waals surface area contributed by atoms with Crippen molar-refractivity contribution in [1.29, 1.82) is 0 Å². The highest BCUT2D eigenvalue weighted by Crippen LogP contribution is 2.26. The minimum atomic E-state index is -0.329. The van der Waals surface area contributed by atoms with Gasteiger partial charge in [0.05, 0.1) is 16.8 Å². The van der Waals surface area contributed by atoms with Crippen LogP contribution in [-0.2, 0) is 4.79 Å². The average Bonchev–Trinajstić information content (AvgIpc) is 3.11. The molecule has 0 saturated carbocycles. The number of benzene rings is 1. The molecular weight excluding hydrogens is 403 g/mol. The van der Waals surface area contributed by atoms with Crippen molar-refractivity contribution in [2.45, 2.75) is 38.8 Å². The van der Waals surface area contributed by atoms with E-state index < -0.39 is 0 Å². The van der Waals surface area contributed by atoms with Gasteiger partial charge in [0.15, 0.2) is 5.69 Å². The number of aromatic nitrogens is 1. The topological polar surface area (TPSA) is 87.5 Å². The number of hydrogen-bond acceptors (Lipinski definition) is 5. The molecule has 1 fully saturated rings. The molecule has 2 aromatic rings. The second kappa shape index (κ2) is 8.94. The Morgan fingerprint density at radius 3 is 2.61 bits per heavy atom. The number of amides is 2. The molecule has 1 atom stereocenters. The molecule has 2 N–H and O–H groups in total. The zero-order chi connectivity index (χ0) is 20.3. The quantitative estimate of drug-likeness (QED) is 0.766. The van der Waals surface area contributed by atoms with Crippen molar-refractivity contribution in [3.05, 3.63) is 45.8 Å². The number of nitrogens with one attached hydrogen (secondary N) is 2. The van der Waals surface area contributed by atoms with Crippen LogP contribution in [0.2, 0.25) is 10.0 Å². The van der Waals surface area contributed by atoms with E-state index in [1.165, 1.54) is 0 Å². The molecule has 7 nitrogen and oxygen atoms in total. The SMILES string of the molecule is Cc1cc(C(=O)NC2CCN([C@H](C)C(=O)Nc3cc(Cl)ccc3Cl)CC2)no1. The van der Waals surface area contributed by atoms with Crippen LogP contribution in [0.25, 0.3) is 0 Å². The molecule has 0 bridgehead atoms. The molecule has 0 unspecified atom stereocenters. The van der Waals surface area contributed by atoms with E-state index in [0.29, 0.717) is 34.6 Å². The lowest BCUT2D eigenvalue weighted by Gasteiger charge is -2.35. The second-order valence-electron chi connectivity index (χ2n) is 6.90. The molecule has 1 aliphatic rings. The summed E-state index contributed by atoms with van der Waals surface area (Å²) in [5.74, 6) is 0.209. The van der Waals surface area contributed by atoms with Crippen LogP contribution >= 0.6 is 23.2 Å². The number of carbonyl (C=O) groups excluding carboxylic acids is 2. The van der Waals surface area contributed by atoms with E-state index in [2.05, 4.69) is 20.7 Å². The van der Waals surface area contributed by atoms with Crippen molar-refractivity contribution in [2.75, 3.05) is 18.4 Å². The first-order valence-electron chi connectivity index (χ1n) is 9.07. The van der Waals surface area contributed by atoms with Crippen molar-refractivity contribution in [2.24, 2.45) is 0 Å². The van der Waals surface area contributed by atoms with Gasteiger partial charge in [-0.05, 0) is 44.9 Å². The van der Waals surface area contributed by atoms with Crippen molar-refractivity contribution < 1.29 is 14.1 Å². The molecule has 9 heteroatoms. The maximum Gasteiger partial charge on any atom is 0.273 e. The molecular formula is C19H22Cl2N4O3. The Labute approximate surface area is 173 Å². The zero-order valence-electron chi connectivity index (χ0n) is 15.7. The number of anilines is 1. The number of piperidine rings is 1. The molecule has 1 aliphatic heterocycles. The summed E-state index contributed by atoms with van der Waals surface area (Å²) in [6, 6.07) is 6.26. The van der Waals surface area contributed by atoms with E-state index in [1.807, 2.05) is 6.92 Å². The Kier molecular flexibility index (Phi) is 6.59. The van der Waals surface area contributed by atoms with E-state index in [-0.39, 0.29) is 29.6 Å². The van der Waals surface area contributed by atoms with Gasteiger partial charge in [0, 0.05) is 30.2 Å². The van der Waals surface area contributed by atoms with Crippen LogP contribution in [0.1, 0.15) is 36.0 Å². The van der Waals surface area contributed by atoms with Gasteiger partial charge in [-0.3, -0.25) is 14.5 Å². The van der Waals surface area contributed by atoms with Gasteiger partial charge in [0.2, 0.25) is 5.91 Å². The largest absolute Gasteiger partial charge is 0.361 e. The van der Waals surface area contributed by atoms with Crippen molar-refractivity contribution >= 4 is 40.7 Å². The number of nitrogens with zero attached hydrogens (tertiary/aromatic N) is 2. The number of rotatable bonds is 5. The van der Waals surface area contributed by atoms with Crippen LogP contribution in [0.15, 0.2) is 28.8 Å². The highest BCUT2D eigenvalue weighted by atomic mass is 35.5. The third-order valence-corrected chi connectivity index (χ3v) is 5.40. The van der Waals surface area contributed by atoms with E-state index in [9.17, 15) is 9.59 Å². The Bertz CT molecular complexity index is 863. The maximum absolute atomic E-state index is 12.6. The molecule has 2 heterocycles. The van der Waals surface area contributed by atoms with E-state index in [1.54, 1.807) is 31.2 Å². The summed E-state index contributed by atoms with van der Waals surface area (Å²) in [5, 5.41) is 10.5. The fraction of sp³-hybridized carbons (Fsp3) is 0.421. The minimum absolute atomic E-state index is 0.0402. The maximum atomic E-state index is 12.6. The fourth-order valence-electron chi connectivity index (χ4n) is 3.16. The summed E-state index contributed by atoms with van der Waals surface area (Å²) >= 11 is 12.1. The van der Waals surface area contributed by atoms with Crippen molar-refractivity contribution in [3.63, 3.8) is 0 Å². The second-order valence-corrected chi connectivity index (χ2v) is 7.74. The monoisotopic (exact) mass is 424 g/mol. The summed E-state index contributed by atoms with van der Waals surface area (Å²) in [6.45, 7) is 4.98. The van der Waals surface area contributed by atoms with Gasteiger partial charge < -0.3 is 15.2 Å². The predicted molar refractivity (Wildman–Crippen MR) is 108 cm³/mol. The molecule has 0 radical (unpaired) electrons. The summed E-state index contributed by atoms with van der Waals surface area (Å²) in [5.41, 5.74) is 0.780. The van der Waals surface area contributed by atoms with Gasteiger partial charge in [-0.2, -0.15) is 0 Å². The summed E-state index contributed by atoms with van der Waals surface area (Å²) in [7, 11) is 0. The molecule has 0 aliphatic carbocycles. The molecule has 0 spiro atoms. The molecule has 150 valence electrons. The molecule has 28 heavy (non-hydrogen) atoms. The van der Waals surface area contributed by atoms with Crippen LogP contribution < -0.4 is 10.6 Å². The van der Waals surface area contributed by atoms with Gasteiger partial charge in [0.1, 0.15) is 5.76 Å². The van der Waals surface area contributed by atoms with E-state index in [4.69, 9.17) is 27.7 Å². The van der Waals surface area contributed by atoms with Crippen molar-refractivity contribution in [1.82, 2.24) is 15.4 Å². The molecule has 1 saturated heterocycles. The third-order valence-electron chi connectivity index (χ3n) is 4.84. The first kappa shape index (κ1) is 20.6. The smallest absolute Gasteiger partial charge is 0.273 e. The van der Waals surface area contributed by atoms with Crippen LogP contribution in [-0.4, -0.2) is 47.0 Å². The molecule has 3 rings (SSSR count). The van der Waals surface area contributed by atoms with Crippen molar-refractivity contribution in [3.8, 4) is 0 Å². The highest BCUT2D eigenvalue weighted by Gasteiger charge is 2.28. The summed E-state index contributed by atoms with van der Waals surface area (Å²) in [6.07, 6.45) is 1.50. The van der Waals surface area contributed by atoms with E-state index >= 15 is 0 Å². The predicted octanol–water partition coefficient (Wildman–Crippen LogP) is 3.51. The van der Waals surface area contributed by atoms with Gasteiger partial charge >= 0.3 is 0 Å². The molecule has 1 aromatic carbocycles. The standard InChI is InChI=1S/C19H22Cl2N4O3/c1-11-9-17(24-28-11)19(27)22-14-5-7-25(8-6-14)12(2)18(26)23-16-10-13(20)3-4-15(16)21/h3-4,9-10,12,14H,5-8H2,1-2H3,(H,22,27)(H,23,26)/t12-/m1/s1. The molecule has 1 aromatic heterocycles. The highest BCUT2D eigenvalue weighted by molar-refractivity contribution is 6.35. The van der Waals surface area contributed by atoms with Crippen LogP contribution in [0.3, 0.4) is 0 Å². The summed E-state index contributed by atoms with van der Waals surface area (Å²) in [4.78, 5) is 26.8. The number of carbonyl (C=O) groups is 2. The Balaban J connectivity index is 1.50. The third kappa shape index (κ3) is 5.04. The number of hydrogen-bond donors (Lipinski definition) is 2. The number of likely N-dealkylation sites (tertiary alicyclic amines) is 1. The Hall–Kier alpha value is -2.09. The first-order valence-corrected chi connectivity index (χ1v) is 9.83. The lowest BCUT2D eigenvalue weighted by molar-refractivity contribution is -0.121. The van der Waals surface area contributed by atoms with Crippen LogP contribution in [0.5, 0.6) is 0 Å². The average molecular weight is 425 g/mol. The van der Waals surface area contributed by atoms with Crippen LogP contribution in [0, 0.1) is 6.92 Å². The lowest BCUT2D eigenvalue weighted by Crippen LogP contribution is -2.50. The summed E-state index contributed by atoms with van der Waals surface area (Å²) < 4.78 is 4.93. The normalized spacial score (nSPS) is 16.6. The molecule has 2 amide bonds. The van der Waals surface area contributed by atoms with Gasteiger partial charge in [-0.1, -0.05) is 28.4 Å². The zero-order valence-corrected chi connectivity index (χ0v) is 17.2. The Morgan fingerprint density at radius 1 is 1.25 bits per heavy atom. The fourth-order valence-corrected chi connectivity index (χ4v) is 3.50. The van der Waals surface area contributed by atoms with Crippen LogP contribution in [0.4, 0.5) is 5.69 Å².